The van der Waals surface area contributed by atoms with E-state index >= 15 is 0 Å². The monoisotopic (exact) mass is 280 g/mol. The van der Waals surface area contributed by atoms with Crippen molar-refractivity contribution in [2.24, 2.45) is 0 Å². The summed E-state index contributed by atoms with van der Waals surface area (Å²) in [6.07, 6.45) is 2.37. The Kier molecular flexibility index (Phi) is 3.71. The van der Waals surface area contributed by atoms with E-state index in [0.717, 1.165) is 22.5 Å². The highest BCUT2D eigenvalue weighted by Crippen LogP contribution is 2.31. The van der Waals surface area contributed by atoms with Crippen LogP contribution in [0.15, 0.2) is 54.7 Å². The Hall–Kier alpha value is -2.59. The summed E-state index contributed by atoms with van der Waals surface area (Å²) >= 11 is 0. The maximum absolute atomic E-state index is 11.9. The number of amides is 1. The summed E-state index contributed by atoms with van der Waals surface area (Å²) in [5, 5.41) is 14.9. The van der Waals surface area contributed by atoms with Crippen LogP contribution < -0.4 is 10.6 Å². The van der Waals surface area contributed by atoms with E-state index in [2.05, 4.69) is 10.6 Å². The van der Waals surface area contributed by atoms with E-state index in [1.54, 1.807) is 6.20 Å². The zero-order valence-electron chi connectivity index (χ0n) is 11.5. The van der Waals surface area contributed by atoms with Gasteiger partial charge in [0, 0.05) is 29.7 Å². The van der Waals surface area contributed by atoms with Crippen molar-refractivity contribution in [3.63, 3.8) is 0 Å². The summed E-state index contributed by atoms with van der Waals surface area (Å²) in [5.41, 5.74) is 4.37. The molecule has 0 saturated carbocycles. The number of para-hydroxylation sites is 1. The van der Waals surface area contributed by atoms with E-state index in [9.17, 15) is 4.79 Å². The van der Waals surface area contributed by atoms with Crippen molar-refractivity contribution in [3.05, 3.63) is 65.9 Å². The van der Waals surface area contributed by atoms with Crippen molar-refractivity contribution in [3.8, 4) is 0 Å². The third kappa shape index (κ3) is 2.80. The van der Waals surface area contributed by atoms with Crippen LogP contribution in [0, 0.1) is 0 Å². The van der Waals surface area contributed by atoms with Gasteiger partial charge in [0.05, 0.1) is 5.57 Å². The van der Waals surface area contributed by atoms with Gasteiger partial charge in [-0.1, -0.05) is 30.3 Å². The lowest BCUT2D eigenvalue weighted by molar-refractivity contribution is -0.110. The second kappa shape index (κ2) is 5.81. The first kappa shape index (κ1) is 13.4. The number of fused-ring (bicyclic) bond motifs is 1. The van der Waals surface area contributed by atoms with Crippen LogP contribution in [0.5, 0.6) is 0 Å². The molecule has 4 nitrogen and oxygen atoms in total. The minimum Gasteiger partial charge on any atom is -0.396 e. The van der Waals surface area contributed by atoms with E-state index < -0.39 is 0 Å². The van der Waals surface area contributed by atoms with Crippen LogP contribution in [0.4, 0.5) is 11.4 Å². The Balaban J connectivity index is 1.78. The largest absolute Gasteiger partial charge is 0.396 e. The van der Waals surface area contributed by atoms with Gasteiger partial charge in [0.1, 0.15) is 0 Å². The van der Waals surface area contributed by atoms with Gasteiger partial charge in [-0.2, -0.15) is 0 Å². The van der Waals surface area contributed by atoms with Crippen LogP contribution in [-0.4, -0.2) is 17.6 Å². The molecular weight excluding hydrogens is 264 g/mol. The van der Waals surface area contributed by atoms with E-state index in [0.29, 0.717) is 12.0 Å². The van der Waals surface area contributed by atoms with E-state index in [1.807, 2.05) is 48.5 Å². The average molecular weight is 280 g/mol. The zero-order chi connectivity index (χ0) is 14.7. The molecule has 1 aliphatic heterocycles. The van der Waals surface area contributed by atoms with Crippen molar-refractivity contribution < 1.29 is 9.90 Å². The summed E-state index contributed by atoms with van der Waals surface area (Å²) in [4.78, 5) is 11.9. The fourth-order valence-electron chi connectivity index (χ4n) is 2.33. The molecule has 1 aliphatic rings. The molecule has 0 bridgehead atoms. The van der Waals surface area contributed by atoms with Gasteiger partial charge in [0.2, 0.25) is 0 Å². The van der Waals surface area contributed by atoms with Gasteiger partial charge >= 0.3 is 0 Å². The number of rotatable bonds is 4. The minimum absolute atomic E-state index is 0.0967. The van der Waals surface area contributed by atoms with Gasteiger partial charge in [-0.05, 0) is 30.2 Å². The molecule has 0 unspecified atom stereocenters. The summed E-state index contributed by atoms with van der Waals surface area (Å²) in [7, 11) is 0. The van der Waals surface area contributed by atoms with Crippen molar-refractivity contribution in [2.45, 2.75) is 6.42 Å². The first-order valence-electron chi connectivity index (χ1n) is 6.85. The van der Waals surface area contributed by atoms with Crippen LogP contribution in [0.1, 0.15) is 11.1 Å². The Morgan fingerprint density at radius 1 is 1.10 bits per heavy atom. The number of carbonyl (C=O) groups is 1. The molecule has 1 heterocycles. The van der Waals surface area contributed by atoms with Gasteiger partial charge in [0.15, 0.2) is 0 Å². The van der Waals surface area contributed by atoms with E-state index in [4.69, 9.17) is 5.11 Å². The molecule has 1 amide bonds. The van der Waals surface area contributed by atoms with Crippen LogP contribution in [0.25, 0.3) is 5.57 Å². The van der Waals surface area contributed by atoms with Crippen LogP contribution in [0.3, 0.4) is 0 Å². The number of benzene rings is 2. The summed E-state index contributed by atoms with van der Waals surface area (Å²) in [6.45, 7) is 0.147. The standard InChI is InChI=1S/C17H16N2O2/c20-10-9-12-5-7-13(8-6-12)18-11-15-14-3-1-2-4-16(14)19-17(15)21/h1-8,11,18,20H,9-10H2,(H,19,21)/b15-11-. The molecule has 2 aromatic rings. The number of hydrogen-bond acceptors (Lipinski definition) is 3. The molecule has 106 valence electrons. The molecule has 0 saturated heterocycles. The zero-order valence-corrected chi connectivity index (χ0v) is 11.5. The molecule has 0 aromatic heterocycles. The van der Waals surface area contributed by atoms with Crippen molar-refractivity contribution in [2.75, 3.05) is 17.2 Å². The lowest BCUT2D eigenvalue weighted by atomic mass is 10.1. The minimum atomic E-state index is -0.0967. The lowest BCUT2D eigenvalue weighted by Crippen LogP contribution is -2.05. The fraction of sp³-hybridized carbons (Fsp3) is 0.118. The smallest absolute Gasteiger partial charge is 0.257 e. The van der Waals surface area contributed by atoms with Crippen molar-refractivity contribution in [1.82, 2.24) is 0 Å². The highest BCUT2D eigenvalue weighted by molar-refractivity contribution is 6.31. The lowest BCUT2D eigenvalue weighted by Gasteiger charge is -2.04. The number of carbonyl (C=O) groups excluding carboxylic acids is 1. The number of nitrogens with one attached hydrogen (secondary N) is 2. The van der Waals surface area contributed by atoms with Crippen molar-refractivity contribution >= 4 is 22.9 Å². The third-order valence-electron chi connectivity index (χ3n) is 3.45. The van der Waals surface area contributed by atoms with Gasteiger partial charge in [0.25, 0.3) is 5.91 Å². The molecular formula is C17H16N2O2. The van der Waals surface area contributed by atoms with Gasteiger partial charge in [-0.15, -0.1) is 0 Å². The quantitative estimate of drug-likeness (QED) is 0.754. The number of anilines is 2. The van der Waals surface area contributed by atoms with E-state index in [1.165, 1.54) is 0 Å². The first-order valence-corrected chi connectivity index (χ1v) is 6.85. The molecule has 3 N–H and O–H groups in total. The average Bonchev–Trinajstić information content (AvgIpc) is 2.82. The van der Waals surface area contributed by atoms with E-state index in [-0.39, 0.29) is 12.5 Å². The molecule has 0 spiro atoms. The van der Waals surface area contributed by atoms with Gasteiger partial charge in [-0.3, -0.25) is 4.79 Å². The topological polar surface area (TPSA) is 61.4 Å². The molecule has 21 heavy (non-hydrogen) atoms. The summed E-state index contributed by atoms with van der Waals surface area (Å²) in [5.74, 6) is -0.0967. The maximum Gasteiger partial charge on any atom is 0.257 e. The Bertz CT molecular complexity index is 690. The SMILES string of the molecule is O=C1Nc2ccccc2/C1=C/Nc1ccc(CCO)cc1. The van der Waals surface area contributed by atoms with Crippen LogP contribution in [0.2, 0.25) is 0 Å². The number of aliphatic hydroxyl groups excluding tert-OH is 1. The third-order valence-corrected chi connectivity index (χ3v) is 3.45. The predicted molar refractivity (Wildman–Crippen MR) is 83.9 cm³/mol. The first-order chi connectivity index (χ1) is 10.3. The van der Waals surface area contributed by atoms with Gasteiger partial charge < -0.3 is 15.7 Å². The maximum atomic E-state index is 11.9. The molecule has 0 aliphatic carbocycles. The molecule has 2 aromatic carbocycles. The predicted octanol–water partition coefficient (Wildman–Crippen LogP) is 2.63. The summed E-state index contributed by atoms with van der Waals surface area (Å²) < 4.78 is 0. The van der Waals surface area contributed by atoms with Crippen molar-refractivity contribution in [1.29, 1.82) is 0 Å². The Morgan fingerprint density at radius 2 is 1.86 bits per heavy atom. The fourth-order valence-corrected chi connectivity index (χ4v) is 2.33. The summed E-state index contributed by atoms with van der Waals surface area (Å²) in [6, 6.07) is 15.4. The normalized spacial score (nSPS) is 14.9. The Morgan fingerprint density at radius 3 is 2.62 bits per heavy atom. The Labute approximate surface area is 123 Å². The molecule has 0 atom stereocenters. The van der Waals surface area contributed by atoms with Crippen LogP contribution in [-0.2, 0) is 11.2 Å². The molecule has 4 heteroatoms. The molecule has 0 radical (unpaired) electrons. The second-order valence-electron chi connectivity index (χ2n) is 4.87. The number of hydrogen-bond donors (Lipinski definition) is 3. The second-order valence-corrected chi connectivity index (χ2v) is 4.87. The van der Waals surface area contributed by atoms with Gasteiger partial charge in [-0.25, -0.2) is 0 Å². The highest BCUT2D eigenvalue weighted by Gasteiger charge is 2.23. The molecule has 3 rings (SSSR count). The molecule has 0 fully saturated rings. The van der Waals surface area contributed by atoms with Crippen LogP contribution >= 0.6 is 0 Å². The number of aliphatic hydroxyl groups is 1. The highest BCUT2D eigenvalue weighted by atomic mass is 16.2.